The Balaban J connectivity index is 2.20. The number of benzene rings is 2. The van der Waals surface area contributed by atoms with Crippen LogP contribution in [0.4, 0.5) is 26.3 Å². The van der Waals surface area contributed by atoms with Crippen molar-refractivity contribution in [3.8, 4) is 0 Å². The minimum absolute atomic E-state index is 0.243. The third-order valence-corrected chi connectivity index (χ3v) is 3.77. The Morgan fingerprint density at radius 3 is 2.24 bits per heavy atom. The third kappa shape index (κ3) is 4.53. The Morgan fingerprint density at radius 1 is 1.00 bits per heavy atom. The van der Waals surface area contributed by atoms with Gasteiger partial charge >= 0.3 is 6.18 Å². The monoisotopic (exact) mass is 425 g/mol. The van der Waals surface area contributed by atoms with Gasteiger partial charge in [0.25, 0.3) is 11.8 Å². The molecule has 9 heteroatoms. The summed E-state index contributed by atoms with van der Waals surface area (Å²) >= 11 is 2.92. The molecule has 0 unspecified atom stereocenters. The lowest BCUT2D eigenvalue weighted by molar-refractivity contribution is -0.137. The van der Waals surface area contributed by atoms with Gasteiger partial charge in [-0.3, -0.25) is 4.79 Å². The fourth-order valence-corrected chi connectivity index (χ4v) is 2.43. The molecular weight excluding hydrogens is 416 g/mol. The molecule has 1 amide bonds. The Labute approximate surface area is 147 Å². The highest BCUT2D eigenvalue weighted by Gasteiger charge is 2.37. The molecule has 2 aromatic carbocycles. The van der Waals surface area contributed by atoms with Crippen LogP contribution in [0.1, 0.15) is 21.5 Å². The van der Waals surface area contributed by atoms with Crippen molar-refractivity contribution in [3.05, 3.63) is 69.4 Å². The van der Waals surface area contributed by atoms with Gasteiger partial charge in [0.1, 0.15) is 5.82 Å². The fraction of sp³-hybridized carbons (Fsp3) is 0.188. The van der Waals surface area contributed by atoms with E-state index in [1.54, 1.807) is 5.32 Å². The molecule has 25 heavy (non-hydrogen) atoms. The van der Waals surface area contributed by atoms with E-state index >= 15 is 0 Å². The van der Waals surface area contributed by atoms with E-state index < -0.39 is 47.1 Å². The van der Waals surface area contributed by atoms with Crippen molar-refractivity contribution in [2.45, 2.75) is 12.1 Å². The molecule has 0 radical (unpaired) electrons. The molecule has 0 heterocycles. The number of hydrogen-bond acceptors (Lipinski definition) is 1. The highest BCUT2D eigenvalue weighted by Crippen LogP contribution is 2.33. The van der Waals surface area contributed by atoms with Crippen LogP contribution < -0.4 is 5.32 Å². The second kappa shape index (κ2) is 7.07. The van der Waals surface area contributed by atoms with Gasteiger partial charge in [-0.1, -0.05) is 28.1 Å². The van der Waals surface area contributed by atoms with Crippen LogP contribution in [-0.4, -0.2) is 12.5 Å². The Bertz CT molecular complexity index is 790. The van der Waals surface area contributed by atoms with Crippen LogP contribution in [0.5, 0.6) is 0 Å². The lowest BCUT2D eigenvalue weighted by atomic mass is 10.1. The first-order valence-corrected chi connectivity index (χ1v) is 7.59. The molecule has 0 atom stereocenters. The van der Waals surface area contributed by atoms with Gasteiger partial charge < -0.3 is 5.32 Å². The molecule has 0 bridgehead atoms. The molecule has 0 aliphatic rings. The highest BCUT2D eigenvalue weighted by molar-refractivity contribution is 9.10. The summed E-state index contributed by atoms with van der Waals surface area (Å²) in [5.74, 6) is -6.33. The topological polar surface area (TPSA) is 29.1 Å². The molecule has 2 nitrogen and oxygen atoms in total. The first kappa shape index (κ1) is 19.3. The average molecular weight is 426 g/mol. The summed E-state index contributed by atoms with van der Waals surface area (Å²) in [5.41, 5.74) is -3.01. The smallest absolute Gasteiger partial charge is 0.346 e. The molecule has 2 aromatic rings. The van der Waals surface area contributed by atoms with Crippen LogP contribution in [0.25, 0.3) is 0 Å². The summed E-state index contributed by atoms with van der Waals surface area (Å²) in [4.78, 5) is 11.9. The van der Waals surface area contributed by atoms with Crippen LogP contribution in [0.15, 0.2) is 46.9 Å². The number of halogens is 7. The van der Waals surface area contributed by atoms with Crippen molar-refractivity contribution in [3.63, 3.8) is 0 Å². The number of alkyl halides is 5. The zero-order valence-electron chi connectivity index (χ0n) is 12.3. The van der Waals surface area contributed by atoms with E-state index in [4.69, 9.17) is 0 Å². The van der Waals surface area contributed by atoms with Crippen LogP contribution >= 0.6 is 15.9 Å². The first-order valence-electron chi connectivity index (χ1n) is 6.80. The highest BCUT2D eigenvalue weighted by atomic mass is 79.9. The van der Waals surface area contributed by atoms with Crippen LogP contribution in [-0.2, 0) is 12.1 Å². The van der Waals surface area contributed by atoms with Gasteiger partial charge in [-0.25, -0.2) is 4.39 Å². The van der Waals surface area contributed by atoms with Crippen LogP contribution in [0.2, 0.25) is 0 Å². The molecule has 0 aliphatic carbocycles. The summed E-state index contributed by atoms with van der Waals surface area (Å²) in [6.07, 6.45) is -4.81. The van der Waals surface area contributed by atoms with Gasteiger partial charge in [0, 0.05) is 4.47 Å². The lowest BCUT2D eigenvalue weighted by Gasteiger charge is -2.19. The van der Waals surface area contributed by atoms with Crippen LogP contribution in [0, 0.1) is 5.82 Å². The zero-order valence-corrected chi connectivity index (χ0v) is 13.9. The zero-order chi connectivity index (χ0) is 18.8. The van der Waals surface area contributed by atoms with Crippen LogP contribution in [0.3, 0.4) is 0 Å². The number of nitrogens with one attached hydrogen (secondary N) is 1. The summed E-state index contributed by atoms with van der Waals surface area (Å²) in [6.45, 7) is -1.35. The van der Waals surface area contributed by atoms with Crippen molar-refractivity contribution in [1.29, 1.82) is 0 Å². The van der Waals surface area contributed by atoms with E-state index in [-0.39, 0.29) is 4.47 Å². The second-order valence-electron chi connectivity index (χ2n) is 5.05. The quantitative estimate of drug-likeness (QED) is 0.676. The van der Waals surface area contributed by atoms with Gasteiger partial charge in [-0.2, -0.15) is 22.0 Å². The predicted octanol–water partition coefficient (Wildman–Crippen LogP) is 5.13. The molecular formula is C16H10BrF6NO. The van der Waals surface area contributed by atoms with Crippen molar-refractivity contribution in [2.24, 2.45) is 0 Å². The standard InChI is InChI=1S/C16H10BrF6NO/c17-9-5-6-12(13(18)7-9)15(19,20)8-24-14(25)10-3-1-2-4-11(10)16(21,22)23/h1-7H,8H2,(H,24,25). The van der Waals surface area contributed by atoms with E-state index in [0.717, 1.165) is 24.3 Å². The van der Waals surface area contributed by atoms with E-state index in [1.165, 1.54) is 12.1 Å². The van der Waals surface area contributed by atoms with E-state index in [1.807, 2.05) is 0 Å². The number of carbonyl (C=O) groups excluding carboxylic acids is 1. The van der Waals surface area contributed by atoms with Gasteiger partial charge in [0.2, 0.25) is 0 Å². The van der Waals surface area contributed by atoms with Crippen molar-refractivity contribution in [1.82, 2.24) is 5.32 Å². The van der Waals surface area contributed by atoms with Gasteiger partial charge in [-0.05, 0) is 30.3 Å². The summed E-state index contributed by atoms with van der Waals surface area (Å²) in [7, 11) is 0. The maximum atomic E-state index is 14.1. The fourth-order valence-electron chi connectivity index (χ4n) is 2.10. The predicted molar refractivity (Wildman–Crippen MR) is 81.8 cm³/mol. The Hall–Kier alpha value is -2.03. The molecule has 2 rings (SSSR count). The molecule has 0 aliphatic heterocycles. The number of carbonyl (C=O) groups is 1. The molecule has 0 spiro atoms. The lowest BCUT2D eigenvalue weighted by Crippen LogP contribution is -2.36. The maximum absolute atomic E-state index is 14.1. The maximum Gasteiger partial charge on any atom is 0.417 e. The van der Waals surface area contributed by atoms with Crippen molar-refractivity contribution in [2.75, 3.05) is 6.54 Å². The largest absolute Gasteiger partial charge is 0.417 e. The molecule has 0 saturated heterocycles. The second-order valence-corrected chi connectivity index (χ2v) is 5.97. The van der Waals surface area contributed by atoms with Gasteiger partial charge in [0.15, 0.2) is 0 Å². The molecule has 1 N–H and O–H groups in total. The number of amides is 1. The molecule has 134 valence electrons. The van der Waals surface area contributed by atoms with E-state index in [2.05, 4.69) is 15.9 Å². The molecule has 0 saturated carbocycles. The third-order valence-electron chi connectivity index (χ3n) is 3.27. The first-order chi connectivity index (χ1) is 11.5. The van der Waals surface area contributed by atoms with Crippen molar-refractivity contribution >= 4 is 21.8 Å². The Morgan fingerprint density at radius 2 is 1.64 bits per heavy atom. The summed E-state index contributed by atoms with van der Waals surface area (Å²) in [6, 6.07) is 6.63. The Kier molecular flexibility index (Phi) is 5.46. The van der Waals surface area contributed by atoms with Gasteiger partial charge in [0.05, 0.1) is 23.2 Å². The summed E-state index contributed by atoms with van der Waals surface area (Å²) < 4.78 is 80.6. The minimum Gasteiger partial charge on any atom is -0.346 e. The van der Waals surface area contributed by atoms with E-state index in [0.29, 0.717) is 6.07 Å². The summed E-state index contributed by atoms with van der Waals surface area (Å²) in [5, 5.41) is 1.72. The average Bonchev–Trinajstić information content (AvgIpc) is 2.51. The van der Waals surface area contributed by atoms with E-state index in [9.17, 15) is 31.1 Å². The number of rotatable bonds is 4. The van der Waals surface area contributed by atoms with Crippen molar-refractivity contribution < 1.29 is 31.1 Å². The normalized spacial score (nSPS) is 12.1. The molecule has 0 aromatic heterocycles. The SMILES string of the molecule is O=C(NCC(F)(F)c1ccc(Br)cc1F)c1ccccc1C(F)(F)F. The molecule has 0 fully saturated rings. The number of hydrogen-bond donors (Lipinski definition) is 1. The van der Waals surface area contributed by atoms with Gasteiger partial charge in [-0.15, -0.1) is 0 Å². The minimum atomic E-state index is -4.81.